The van der Waals surface area contributed by atoms with Crippen LogP contribution in [0.2, 0.25) is 0 Å². The van der Waals surface area contributed by atoms with E-state index in [0.717, 1.165) is 19.5 Å². The fourth-order valence-corrected chi connectivity index (χ4v) is 1.92. The van der Waals surface area contributed by atoms with Gasteiger partial charge in [-0.25, -0.2) is 0 Å². The Morgan fingerprint density at radius 3 is 2.24 bits per heavy atom. The Kier molecular flexibility index (Phi) is 8.01. The highest BCUT2D eigenvalue weighted by atomic mass is 16.3. The molecule has 0 aliphatic heterocycles. The van der Waals surface area contributed by atoms with Gasteiger partial charge < -0.3 is 15.3 Å². The van der Waals surface area contributed by atoms with Crippen molar-refractivity contribution in [1.82, 2.24) is 10.2 Å². The summed E-state index contributed by atoms with van der Waals surface area (Å²) in [6.07, 6.45) is 2.19. The maximum atomic E-state index is 9.41. The van der Waals surface area contributed by atoms with Gasteiger partial charge in [0.15, 0.2) is 0 Å². The minimum Gasteiger partial charge on any atom is -0.396 e. The molecule has 0 aromatic heterocycles. The lowest BCUT2D eigenvalue weighted by atomic mass is 9.88. The summed E-state index contributed by atoms with van der Waals surface area (Å²) in [7, 11) is 4.22. The molecule has 3 heteroatoms. The summed E-state index contributed by atoms with van der Waals surface area (Å²) in [5.74, 6) is 0.703. The van der Waals surface area contributed by atoms with Crippen LogP contribution in [0.4, 0.5) is 0 Å². The fraction of sp³-hybridized carbons (Fsp3) is 1.00. The molecule has 0 aliphatic rings. The molecule has 0 rings (SSSR count). The maximum Gasteiger partial charge on any atom is 0.0496 e. The van der Waals surface area contributed by atoms with Crippen LogP contribution in [0.25, 0.3) is 0 Å². The Balaban J connectivity index is 4.23. The first-order valence-electron chi connectivity index (χ1n) is 6.82. The molecule has 0 fully saturated rings. The molecule has 0 aromatic carbocycles. The van der Waals surface area contributed by atoms with E-state index >= 15 is 0 Å². The molecule has 3 nitrogen and oxygen atoms in total. The zero-order chi connectivity index (χ0) is 13.5. The zero-order valence-corrected chi connectivity index (χ0v) is 12.6. The summed E-state index contributed by atoms with van der Waals surface area (Å²) in [5.41, 5.74) is 0.0154. The molecular weight excluding hydrogens is 212 g/mol. The smallest absolute Gasteiger partial charge is 0.0496 e. The average molecular weight is 244 g/mol. The topological polar surface area (TPSA) is 35.5 Å². The molecule has 0 amide bonds. The maximum absolute atomic E-state index is 9.41. The summed E-state index contributed by atoms with van der Waals surface area (Å²) < 4.78 is 0. The third-order valence-electron chi connectivity index (χ3n) is 3.39. The van der Waals surface area contributed by atoms with Gasteiger partial charge in [0.25, 0.3) is 0 Å². The lowest BCUT2D eigenvalue weighted by Gasteiger charge is -2.31. The van der Waals surface area contributed by atoms with Crippen LogP contribution < -0.4 is 5.32 Å². The second-order valence-electron chi connectivity index (χ2n) is 6.29. The third kappa shape index (κ3) is 7.74. The standard InChI is InChI=1S/C14H32N2O/c1-7-14(4,11-17)10-15-13(8-12(2)3)9-16(5)6/h12-13,15,17H,7-11H2,1-6H3. The molecular formula is C14H32N2O. The Hall–Kier alpha value is -0.120. The Morgan fingerprint density at radius 2 is 1.88 bits per heavy atom. The van der Waals surface area contributed by atoms with Crippen molar-refractivity contribution in [2.24, 2.45) is 11.3 Å². The number of aliphatic hydroxyl groups excluding tert-OH is 1. The monoisotopic (exact) mass is 244 g/mol. The van der Waals surface area contributed by atoms with Crippen LogP contribution in [0.5, 0.6) is 0 Å². The highest BCUT2D eigenvalue weighted by Gasteiger charge is 2.22. The molecule has 0 radical (unpaired) electrons. The molecule has 0 aliphatic carbocycles. The van der Waals surface area contributed by atoms with Gasteiger partial charge in [-0.3, -0.25) is 0 Å². The van der Waals surface area contributed by atoms with E-state index in [0.29, 0.717) is 12.0 Å². The second-order valence-corrected chi connectivity index (χ2v) is 6.29. The van der Waals surface area contributed by atoms with Crippen molar-refractivity contribution in [3.63, 3.8) is 0 Å². The lowest BCUT2D eigenvalue weighted by Crippen LogP contribution is -2.45. The van der Waals surface area contributed by atoms with Crippen molar-refractivity contribution < 1.29 is 5.11 Å². The van der Waals surface area contributed by atoms with Gasteiger partial charge in [-0.15, -0.1) is 0 Å². The molecule has 2 N–H and O–H groups in total. The van der Waals surface area contributed by atoms with Gasteiger partial charge in [-0.2, -0.15) is 0 Å². The van der Waals surface area contributed by atoms with Gasteiger partial charge >= 0.3 is 0 Å². The van der Waals surface area contributed by atoms with Crippen molar-refractivity contribution >= 4 is 0 Å². The number of hydrogen-bond acceptors (Lipinski definition) is 3. The molecule has 0 aromatic rings. The zero-order valence-electron chi connectivity index (χ0n) is 12.6. The van der Waals surface area contributed by atoms with Crippen LogP contribution in [-0.4, -0.2) is 49.8 Å². The lowest BCUT2D eigenvalue weighted by molar-refractivity contribution is 0.128. The number of aliphatic hydroxyl groups is 1. The van der Waals surface area contributed by atoms with Gasteiger partial charge in [-0.1, -0.05) is 27.7 Å². The average Bonchev–Trinajstić information content (AvgIpc) is 2.24. The van der Waals surface area contributed by atoms with Crippen LogP contribution in [0.15, 0.2) is 0 Å². The minimum absolute atomic E-state index is 0.0154. The van der Waals surface area contributed by atoms with Gasteiger partial charge in [0, 0.05) is 31.2 Å². The van der Waals surface area contributed by atoms with Crippen LogP contribution in [-0.2, 0) is 0 Å². The van der Waals surface area contributed by atoms with E-state index in [-0.39, 0.29) is 12.0 Å². The van der Waals surface area contributed by atoms with E-state index in [1.165, 1.54) is 6.42 Å². The number of rotatable bonds is 9. The van der Waals surface area contributed by atoms with E-state index in [1.54, 1.807) is 0 Å². The normalized spacial score (nSPS) is 17.5. The largest absolute Gasteiger partial charge is 0.396 e. The molecule has 0 saturated carbocycles. The molecule has 17 heavy (non-hydrogen) atoms. The SMILES string of the molecule is CCC(C)(CO)CNC(CC(C)C)CN(C)C. The van der Waals surface area contributed by atoms with Crippen molar-refractivity contribution in [2.45, 2.75) is 46.6 Å². The molecule has 104 valence electrons. The van der Waals surface area contributed by atoms with Crippen LogP contribution in [0.3, 0.4) is 0 Å². The summed E-state index contributed by atoms with van der Waals surface area (Å²) in [6, 6.07) is 0.516. The van der Waals surface area contributed by atoms with Crippen LogP contribution in [0, 0.1) is 11.3 Å². The van der Waals surface area contributed by atoms with Gasteiger partial charge in [0.2, 0.25) is 0 Å². The first kappa shape index (κ1) is 16.9. The van der Waals surface area contributed by atoms with E-state index < -0.39 is 0 Å². The highest BCUT2D eigenvalue weighted by Crippen LogP contribution is 2.19. The summed E-state index contributed by atoms with van der Waals surface area (Å²) >= 11 is 0. The van der Waals surface area contributed by atoms with E-state index in [4.69, 9.17) is 0 Å². The minimum atomic E-state index is 0.0154. The van der Waals surface area contributed by atoms with Crippen LogP contribution >= 0.6 is 0 Å². The Labute approximate surface area is 108 Å². The third-order valence-corrected chi connectivity index (χ3v) is 3.39. The molecule has 0 bridgehead atoms. The van der Waals surface area contributed by atoms with E-state index in [2.05, 4.69) is 52.0 Å². The molecule has 0 heterocycles. The number of nitrogens with one attached hydrogen (secondary N) is 1. The van der Waals surface area contributed by atoms with Crippen molar-refractivity contribution in [1.29, 1.82) is 0 Å². The fourth-order valence-electron chi connectivity index (χ4n) is 1.92. The van der Waals surface area contributed by atoms with Crippen LogP contribution in [0.1, 0.15) is 40.5 Å². The van der Waals surface area contributed by atoms with E-state index in [1.807, 2.05) is 0 Å². The molecule has 2 unspecified atom stereocenters. The Bertz CT molecular complexity index is 179. The number of hydrogen-bond donors (Lipinski definition) is 2. The number of nitrogens with zero attached hydrogens (tertiary/aromatic N) is 1. The quantitative estimate of drug-likeness (QED) is 0.651. The van der Waals surface area contributed by atoms with Gasteiger partial charge in [-0.05, 0) is 32.9 Å². The van der Waals surface area contributed by atoms with Crippen molar-refractivity contribution in [3.8, 4) is 0 Å². The number of likely N-dealkylation sites (N-methyl/N-ethyl adjacent to an activating group) is 1. The summed E-state index contributed by atoms with van der Waals surface area (Å²) in [4.78, 5) is 2.22. The summed E-state index contributed by atoms with van der Waals surface area (Å²) in [5, 5.41) is 13.0. The predicted molar refractivity (Wildman–Crippen MR) is 75.3 cm³/mol. The van der Waals surface area contributed by atoms with E-state index in [9.17, 15) is 5.11 Å². The molecule has 0 saturated heterocycles. The molecule has 0 spiro atoms. The Morgan fingerprint density at radius 1 is 1.29 bits per heavy atom. The summed E-state index contributed by atoms with van der Waals surface area (Å²) in [6.45, 7) is 11.0. The first-order valence-corrected chi connectivity index (χ1v) is 6.82. The first-order chi connectivity index (χ1) is 7.83. The highest BCUT2D eigenvalue weighted by molar-refractivity contribution is 4.79. The van der Waals surface area contributed by atoms with Crippen molar-refractivity contribution in [3.05, 3.63) is 0 Å². The van der Waals surface area contributed by atoms with Gasteiger partial charge in [0.1, 0.15) is 0 Å². The second kappa shape index (κ2) is 8.06. The van der Waals surface area contributed by atoms with Crippen molar-refractivity contribution in [2.75, 3.05) is 33.8 Å². The predicted octanol–water partition coefficient (Wildman–Crippen LogP) is 1.96. The molecule has 2 atom stereocenters. The van der Waals surface area contributed by atoms with Gasteiger partial charge in [0.05, 0.1) is 0 Å².